The van der Waals surface area contributed by atoms with E-state index in [-0.39, 0.29) is 93.2 Å². The number of nitrogens with one attached hydrogen (secondary N) is 5. The van der Waals surface area contributed by atoms with Crippen LogP contribution < -0.4 is 37.3 Å². The van der Waals surface area contributed by atoms with E-state index in [1.165, 1.54) is 42.2 Å². The van der Waals surface area contributed by atoms with Crippen LogP contribution in [0.1, 0.15) is 67.7 Å². The monoisotopic (exact) mass is 1270 g/mol. The molecule has 1 aliphatic carbocycles. The molecule has 2 saturated heterocycles. The fourth-order valence-electron chi connectivity index (χ4n) is 9.56. The summed E-state index contributed by atoms with van der Waals surface area (Å²) in [7, 11) is -4.76. The van der Waals surface area contributed by atoms with Crippen LogP contribution in [0, 0.1) is 11.8 Å². The predicted molar refractivity (Wildman–Crippen MR) is 313 cm³/mol. The maximum absolute atomic E-state index is 13.9. The van der Waals surface area contributed by atoms with Crippen molar-refractivity contribution in [1.29, 1.82) is 0 Å². The van der Waals surface area contributed by atoms with Gasteiger partial charge in [0.15, 0.2) is 17.4 Å². The minimum atomic E-state index is -3.19. The normalized spacial score (nSPS) is 21.8. The van der Waals surface area contributed by atoms with Gasteiger partial charge in [-0.2, -0.15) is 4.98 Å². The van der Waals surface area contributed by atoms with Crippen molar-refractivity contribution in [3.05, 3.63) is 100 Å². The number of H-pyrrole nitrogens is 1. The largest absolute Gasteiger partial charge is 0.474 e. The van der Waals surface area contributed by atoms with Gasteiger partial charge in [0, 0.05) is 62.4 Å². The van der Waals surface area contributed by atoms with Gasteiger partial charge in [-0.05, 0) is 48.6 Å². The average Bonchev–Trinajstić information content (AvgIpc) is 2.12. The Labute approximate surface area is 506 Å². The Morgan fingerprint density at radius 3 is 2.24 bits per heavy atom. The molecule has 7 N–H and O–H groups in total. The third-order valence-electron chi connectivity index (χ3n) is 14.0. The van der Waals surface area contributed by atoms with Crippen LogP contribution in [0.5, 0.6) is 5.88 Å². The molecular formula is C55H74N12O19P2. The molecule has 2 aliphatic heterocycles. The van der Waals surface area contributed by atoms with Crippen molar-refractivity contribution in [1.82, 2.24) is 45.0 Å². The van der Waals surface area contributed by atoms with Crippen molar-refractivity contribution < 1.29 is 84.4 Å². The first-order valence-electron chi connectivity index (χ1n) is 28.5. The van der Waals surface area contributed by atoms with E-state index in [2.05, 4.69) is 46.2 Å². The van der Waals surface area contributed by atoms with Crippen molar-refractivity contribution in [3.8, 4) is 5.88 Å². The van der Waals surface area contributed by atoms with Gasteiger partial charge in [0.2, 0.25) is 29.5 Å². The number of amides is 5. The smallest absolute Gasteiger partial charge is 0.410 e. The van der Waals surface area contributed by atoms with Crippen LogP contribution in [0.3, 0.4) is 0 Å². The molecule has 2 bridgehead atoms. The molecule has 478 valence electrons. The number of imidazole rings is 1. The highest BCUT2D eigenvalue weighted by Crippen LogP contribution is 2.44. The number of hydrogen-bond acceptors (Lipinski definition) is 24. The molecular weight excluding hydrogens is 1190 g/mol. The number of hydrogen-bond donors (Lipinski definition) is 6. The van der Waals surface area contributed by atoms with Crippen LogP contribution in [-0.2, 0) is 83.2 Å². The summed E-state index contributed by atoms with van der Waals surface area (Å²) in [5.74, 6) is -2.85. The summed E-state index contributed by atoms with van der Waals surface area (Å²) in [5, 5.41) is 10.7. The molecule has 88 heavy (non-hydrogen) atoms. The number of carbonyl (C=O) groups excluding carboxylic acids is 5. The van der Waals surface area contributed by atoms with Gasteiger partial charge in [-0.15, -0.1) is 0 Å². The molecule has 31 nitrogen and oxygen atoms in total. The lowest BCUT2D eigenvalue weighted by Crippen LogP contribution is -2.54. The van der Waals surface area contributed by atoms with Crippen LogP contribution in [0.25, 0.3) is 11.2 Å². The van der Waals surface area contributed by atoms with E-state index in [0.717, 1.165) is 0 Å². The lowest BCUT2D eigenvalue weighted by atomic mass is 10.0. The predicted octanol–water partition coefficient (Wildman–Crippen LogP) is 3.28. The number of aromatic nitrogens is 6. The Balaban J connectivity index is 0.785. The second-order valence-electron chi connectivity index (χ2n) is 21.0. The molecule has 2 aromatic carbocycles. The van der Waals surface area contributed by atoms with E-state index >= 15 is 0 Å². The molecule has 2 unspecified atom stereocenters. The molecule has 1 saturated carbocycles. The van der Waals surface area contributed by atoms with E-state index in [4.69, 9.17) is 57.0 Å². The van der Waals surface area contributed by atoms with Crippen LogP contribution in [0.2, 0.25) is 0 Å². The zero-order chi connectivity index (χ0) is 62.5. The third kappa shape index (κ3) is 19.7. The average molecular weight is 1270 g/mol. The molecule has 0 radical (unpaired) electrons. The number of fused-ring (bicyclic) bond motifs is 4. The third-order valence-corrected chi connectivity index (χ3v) is 15.8. The minimum Gasteiger partial charge on any atom is -0.474 e. The lowest BCUT2D eigenvalue weighted by molar-refractivity contribution is -0.133. The van der Waals surface area contributed by atoms with Crippen LogP contribution in [0.4, 0.5) is 16.4 Å². The van der Waals surface area contributed by atoms with Crippen molar-refractivity contribution in [2.45, 2.75) is 95.9 Å². The first kappa shape index (κ1) is 66.8. The lowest BCUT2D eigenvalue weighted by Gasteiger charge is -2.24. The van der Waals surface area contributed by atoms with Crippen molar-refractivity contribution >= 4 is 69.0 Å². The van der Waals surface area contributed by atoms with Crippen LogP contribution in [0.15, 0.2) is 78.2 Å². The molecule has 33 heteroatoms. The number of benzene rings is 2. The van der Waals surface area contributed by atoms with Crippen LogP contribution in [-0.4, -0.2) is 180 Å². The van der Waals surface area contributed by atoms with E-state index in [9.17, 15) is 37.9 Å². The van der Waals surface area contributed by atoms with Crippen molar-refractivity contribution in [2.75, 3.05) is 90.3 Å². The highest BCUT2D eigenvalue weighted by atomic mass is 31.1. The molecule has 8 rings (SSSR count). The molecule has 0 spiro atoms. The van der Waals surface area contributed by atoms with Gasteiger partial charge < -0.3 is 77.8 Å². The first-order chi connectivity index (χ1) is 42.5. The number of ether oxygens (including phenoxy) is 7. The molecule has 10 atom stereocenters. The van der Waals surface area contributed by atoms with Crippen molar-refractivity contribution in [3.63, 3.8) is 0 Å². The SMILES string of the molecule is CC(C)[C@H](NC(=O)COCCOCCOCCOCCN)C(=O)N[C@@H](C)C(=O)Nc1ccc(COC(=O)N(C)Cc2ccccc2C(=O)Nc2nc3c(ncn3[C@@H]3O[C@@H]4CO[PH](=O)O[C@H]5C[C@H](Oc6ccncn6)C[C@@H]5CO[PH](=O)O[C@@H]3C4)c(=O)[nH]2)cc1. The molecule has 5 amide bonds. The summed E-state index contributed by atoms with van der Waals surface area (Å²) in [4.78, 5) is 100. The highest BCUT2D eigenvalue weighted by Gasteiger charge is 2.43. The quantitative estimate of drug-likeness (QED) is 0.0309. The number of rotatable bonds is 28. The van der Waals surface area contributed by atoms with Crippen molar-refractivity contribution in [2.24, 2.45) is 17.6 Å². The second kappa shape index (κ2) is 33.5. The van der Waals surface area contributed by atoms with Gasteiger partial charge in [0.1, 0.15) is 43.8 Å². The van der Waals surface area contributed by atoms with E-state index in [0.29, 0.717) is 75.1 Å². The summed E-state index contributed by atoms with van der Waals surface area (Å²) in [6, 6.07) is 12.7. The summed E-state index contributed by atoms with van der Waals surface area (Å²) in [6.07, 6.45) is 0.620. The topological polar surface area (TPSA) is 388 Å². The number of aromatic amines is 1. The number of carbonyl (C=O) groups is 5. The molecule has 3 aromatic heterocycles. The zero-order valence-electron chi connectivity index (χ0n) is 49.0. The Morgan fingerprint density at radius 1 is 0.818 bits per heavy atom. The van der Waals surface area contributed by atoms with Gasteiger partial charge in [0.05, 0.1) is 78.0 Å². The molecule has 3 fully saturated rings. The molecule has 5 heterocycles. The number of nitrogens with two attached hydrogens (primary N) is 1. The van der Waals surface area contributed by atoms with Gasteiger partial charge in [-0.3, -0.25) is 48.0 Å². The maximum atomic E-state index is 13.9. The zero-order valence-corrected chi connectivity index (χ0v) is 51.0. The van der Waals surface area contributed by atoms with Gasteiger partial charge >= 0.3 is 22.6 Å². The summed E-state index contributed by atoms with van der Waals surface area (Å²) in [6.45, 7) is 7.14. The number of anilines is 2. The molecule has 3 aliphatic rings. The van der Waals surface area contributed by atoms with E-state index in [1.54, 1.807) is 68.6 Å². The van der Waals surface area contributed by atoms with Crippen LogP contribution >= 0.6 is 16.5 Å². The van der Waals surface area contributed by atoms with E-state index in [1.807, 2.05) is 0 Å². The summed E-state index contributed by atoms with van der Waals surface area (Å²) >= 11 is 0. The fourth-order valence-corrected chi connectivity index (χ4v) is 11.4. The Morgan fingerprint density at radius 2 is 1.52 bits per heavy atom. The number of nitrogens with zero attached hydrogens (tertiary/aromatic N) is 6. The minimum absolute atomic E-state index is 0.0192. The van der Waals surface area contributed by atoms with Gasteiger partial charge in [-0.25, -0.2) is 19.7 Å². The second-order valence-corrected chi connectivity index (χ2v) is 23.0. The Bertz CT molecular complexity index is 3240. The summed E-state index contributed by atoms with van der Waals surface area (Å²) < 4.78 is 90.4. The fraction of sp³-hybridized carbons (Fsp3) is 0.527. The van der Waals surface area contributed by atoms with Gasteiger partial charge in [0.25, 0.3) is 11.5 Å². The highest BCUT2D eigenvalue weighted by molar-refractivity contribution is 7.33. The Kier molecular flexibility index (Phi) is 25.4. The van der Waals surface area contributed by atoms with E-state index < -0.39 is 88.4 Å². The standard InChI is InChI=1S/C55H74N12O19P2/c1-33(2)46(62-44(68)30-79-22-21-78-20-19-77-18-17-76-16-14-56)51(71)60-34(3)49(69)61-38-11-9-35(10-12-38)27-80-55(73)66(4)26-36-7-5-6-8-41(36)50(70)64-54-63-48-47(52(72)65-54)59-32-67(48)53-43-25-40(84-53)29-82-88(75)85-42-24-39(83-45-13-15-57-31-58-45)23-37(42)28-81-87(74)86-43/h5-13,15,31-34,37,39-40,42-43,46,53,87-88H,14,16-30,56H2,1-4H3,(H,60,71)(H,61,69)(H,62,68)(H2,63,64,65,70,72)/t34-,37+,39+,40-,42-,43+,46-,53+/m0/s1. The van der Waals surface area contributed by atoms with Gasteiger partial charge in [-0.1, -0.05) is 44.2 Å². The summed E-state index contributed by atoms with van der Waals surface area (Å²) in [5.41, 5.74) is 6.08. The maximum Gasteiger partial charge on any atom is 0.410 e. The first-order valence-corrected chi connectivity index (χ1v) is 31.0. The Hall–Kier alpha value is -7.12. The molecule has 5 aromatic rings.